The van der Waals surface area contributed by atoms with Crippen LogP contribution in [0.25, 0.3) is 0 Å². The maximum Gasteiger partial charge on any atom is 0.498 e. The first-order chi connectivity index (χ1) is 13.6. The van der Waals surface area contributed by atoms with Gasteiger partial charge in [0.2, 0.25) is 0 Å². The third-order valence-electron chi connectivity index (χ3n) is 2.10. The van der Waals surface area contributed by atoms with Gasteiger partial charge < -0.3 is 5.11 Å². The van der Waals surface area contributed by atoms with E-state index in [1.54, 1.807) is 9.47 Å². The molecule has 192 valence electrons. The molecule has 0 aliphatic carbocycles. The summed E-state index contributed by atoms with van der Waals surface area (Å²) in [5, 5.41) is 7.78. The van der Waals surface area contributed by atoms with Crippen LogP contribution in [-0.4, -0.2) is 60.8 Å². The van der Waals surface area contributed by atoms with E-state index in [2.05, 4.69) is 4.74 Å². The quantitative estimate of drug-likeness (QED) is 0.298. The van der Waals surface area contributed by atoms with Crippen molar-refractivity contribution in [3.05, 3.63) is 0 Å². The van der Waals surface area contributed by atoms with Gasteiger partial charge in [-0.3, -0.25) is 4.74 Å². The maximum absolute atomic E-state index is 12.8. The number of ether oxygens (including phenoxy) is 5. The average molecular weight is 526 g/mol. The molecule has 0 amide bonds. The molecule has 0 spiro atoms. The van der Waals surface area contributed by atoms with Crippen LogP contribution in [-0.2, 0) is 28.5 Å². The van der Waals surface area contributed by atoms with Gasteiger partial charge in [-0.1, -0.05) is 0 Å². The fourth-order valence-corrected chi connectivity index (χ4v) is 1.00. The summed E-state index contributed by atoms with van der Waals surface area (Å²) in [7, 11) is 0. The molecule has 0 bridgehead atoms. The average Bonchev–Trinajstić information content (AvgIpc) is 2.38. The molecule has 1 unspecified atom stereocenters. The summed E-state index contributed by atoms with van der Waals surface area (Å²) in [6, 6.07) is 0. The molecule has 0 saturated heterocycles. The van der Waals surface area contributed by atoms with Gasteiger partial charge in [-0.25, -0.2) is 28.1 Å². The highest BCUT2D eigenvalue weighted by atomic mass is 19.4. The van der Waals surface area contributed by atoms with Gasteiger partial charge in [0.1, 0.15) is 0 Å². The highest BCUT2D eigenvalue weighted by molar-refractivity contribution is 5.75. The van der Waals surface area contributed by atoms with Crippen molar-refractivity contribution in [2.75, 3.05) is 0 Å². The van der Waals surface area contributed by atoms with Gasteiger partial charge in [0.15, 0.2) is 0 Å². The molecule has 1 atom stereocenters. The Morgan fingerprint density at radius 3 is 1.22 bits per heavy atom. The van der Waals surface area contributed by atoms with E-state index in [9.17, 15) is 75.0 Å². The van der Waals surface area contributed by atoms with Crippen LogP contribution in [0, 0.1) is 0 Å². The van der Waals surface area contributed by atoms with E-state index in [-0.39, 0.29) is 0 Å². The molecular weight excluding hydrogens is 524 g/mol. The van der Waals surface area contributed by atoms with Crippen molar-refractivity contribution in [3.8, 4) is 0 Å². The van der Waals surface area contributed by atoms with Gasteiger partial charge in [-0.2, -0.15) is 30.7 Å². The Labute approximate surface area is 161 Å². The van der Waals surface area contributed by atoms with E-state index in [1.807, 2.05) is 4.74 Å². The molecule has 0 saturated carbocycles. The number of halogens is 16. The number of rotatable bonds is 12. The van der Waals surface area contributed by atoms with E-state index < -0.39 is 55.7 Å². The molecule has 0 rings (SSSR count). The first-order valence-electron chi connectivity index (χ1n) is 6.34. The Bertz CT molecular complexity index is 661. The van der Waals surface area contributed by atoms with Gasteiger partial charge in [0, 0.05) is 0 Å². The summed E-state index contributed by atoms with van der Waals surface area (Å²) < 4.78 is 208. The second-order valence-electron chi connectivity index (χ2n) is 4.64. The minimum Gasteiger partial charge on any atom is -0.477 e. The van der Waals surface area contributed by atoms with Crippen molar-refractivity contribution in [2.24, 2.45) is 0 Å². The first kappa shape index (κ1) is 30.1. The van der Waals surface area contributed by atoms with Gasteiger partial charge in [0.05, 0.1) is 0 Å². The van der Waals surface area contributed by atoms with Crippen molar-refractivity contribution in [2.45, 2.75) is 49.7 Å². The predicted octanol–water partition coefficient (Wildman–Crippen LogP) is 4.44. The van der Waals surface area contributed by atoms with E-state index in [0.29, 0.717) is 0 Å². The second-order valence-corrected chi connectivity index (χ2v) is 4.64. The smallest absolute Gasteiger partial charge is 0.477 e. The molecule has 0 aromatic heterocycles. The second kappa shape index (κ2) is 8.83. The zero-order chi connectivity index (χ0) is 26.2. The molecule has 0 aliphatic rings. The number of aliphatic carboxylic acids is 1. The van der Waals surface area contributed by atoms with Crippen molar-refractivity contribution in [1.29, 1.82) is 0 Å². The van der Waals surface area contributed by atoms with Crippen molar-refractivity contribution < 1.29 is 104 Å². The number of alkyl halides is 16. The van der Waals surface area contributed by atoms with E-state index >= 15 is 0 Å². The van der Waals surface area contributed by atoms with Crippen LogP contribution < -0.4 is 0 Å². The predicted molar refractivity (Wildman–Crippen MR) is 53.7 cm³/mol. The third kappa shape index (κ3) is 8.95. The number of hydrogen-bond donors (Lipinski definition) is 1. The number of hydrogen-bond acceptors (Lipinski definition) is 6. The first-order valence-corrected chi connectivity index (χ1v) is 6.34. The van der Waals surface area contributed by atoms with Crippen LogP contribution in [0.15, 0.2) is 0 Å². The third-order valence-corrected chi connectivity index (χ3v) is 2.10. The molecule has 1 N–H and O–H groups in total. The lowest BCUT2D eigenvalue weighted by molar-refractivity contribution is -0.623. The summed E-state index contributed by atoms with van der Waals surface area (Å²) in [6.07, 6.45) is -45.9. The molecule has 7 nitrogen and oxygen atoms in total. The summed E-state index contributed by atoms with van der Waals surface area (Å²) >= 11 is 0. The molecular formula is C9H2F16O7. The Hall–Kier alpha value is -1.85. The lowest BCUT2D eigenvalue weighted by Gasteiger charge is -2.29. The van der Waals surface area contributed by atoms with E-state index in [1.165, 1.54) is 4.74 Å². The Morgan fingerprint density at radius 2 is 0.906 bits per heavy atom. The molecule has 0 aromatic carbocycles. The zero-order valence-corrected chi connectivity index (χ0v) is 13.5. The highest BCUT2D eigenvalue weighted by Gasteiger charge is 2.67. The normalized spacial score (nSPS) is 16.2. The molecule has 0 aromatic rings. The Morgan fingerprint density at radius 1 is 0.594 bits per heavy atom. The molecule has 23 heteroatoms. The van der Waals surface area contributed by atoms with Crippen molar-refractivity contribution >= 4 is 5.97 Å². The summed E-state index contributed by atoms with van der Waals surface area (Å²) in [6.45, 7) is 0. The maximum atomic E-state index is 12.8. The molecule has 0 heterocycles. The fraction of sp³-hybridized carbons (Fsp3) is 0.889. The highest BCUT2D eigenvalue weighted by Crippen LogP contribution is 2.43. The van der Waals surface area contributed by atoms with Gasteiger partial charge in [-0.05, 0) is 0 Å². The van der Waals surface area contributed by atoms with Crippen LogP contribution in [0.5, 0.6) is 0 Å². The van der Waals surface area contributed by atoms with E-state index in [0.717, 1.165) is 0 Å². The van der Waals surface area contributed by atoms with Crippen LogP contribution >= 0.6 is 0 Å². The monoisotopic (exact) mass is 526 g/mol. The van der Waals surface area contributed by atoms with Gasteiger partial charge >= 0.3 is 49.4 Å². The van der Waals surface area contributed by atoms with Gasteiger partial charge in [0.25, 0.3) is 6.36 Å². The number of carbonyl (C=O) groups is 1. The fourth-order valence-electron chi connectivity index (χ4n) is 1.00. The lowest BCUT2D eigenvalue weighted by atomic mass is 10.3. The number of carboxylic acid groups (broad SMARTS) is 1. The summed E-state index contributed by atoms with van der Waals surface area (Å²) in [5.41, 5.74) is 0. The van der Waals surface area contributed by atoms with Crippen molar-refractivity contribution in [3.63, 3.8) is 0 Å². The zero-order valence-electron chi connectivity index (χ0n) is 13.5. The number of carboxylic acids is 1. The topological polar surface area (TPSA) is 83.5 Å². The van der Waals surface area contributed by atoms with E-state index in [4.69, 9.17) is 5.11 Å². The molecule has 32 heavy (non-hydrogen) atoms. The lowest BCUT2D eigenvalue weighted by Crippen LogP contribution is -2.50. The Kier molecular flexibility index (Phi) is 8.32. The SMILES string of the molecule is O=C(O)C(F)(F)C(F)OC(F)(F)OC(F)(F)OC(F)(F)OC(F)(F)OC(F)(F)C(F)(F)F. The van der Waals surface area contributed by atoms with Crippen LogP contribution in [0.3, 0.4) is 0 Å². The minimum atomic E-state index is -7.00. The molecule has 0 fully saturated rings. The summed E-state index contributed by atoms with van der Waals surface area (Å²) in [5.74, 6) is -9.39. The molecule has 0 aliphatic heterocycles. The Balaban J connectivity index is 5.32. The minimum absolute atomic E-state index is 1.53. The summed E-state index contributed by atoms with van der Waals surface area (Å²) in [4.78, 5) is 9.86. The van der Waals surface area contributed by atoms with Crippen molar-refractivity contribution in [1.82, 2.24) is 0 Å². The standard InChI is InChI=1S/C9H2F16O7/c10-1(3(11,12)2(26)27)28-6(18,19)30-8(22,23)32-9(24,25)31-7(20,21)29-5(16,17)4(13,14)15/h1H,(H,26,27). The van der Waals surface area contributed by atoms with Crippen LogP contribution in [0.2, 0.25) is 0 Å². The van der Waals surface area contributed by atoms with Crippen LogP contribution in [0.1, 0.15) is 0 Å². The van der Waals surface area contributed by atoms with Crippen LogP contribution in [0.4, 0.5) is 70.2 Å². The van der Waals surface area contributed by atoms with Gasteiger partial charge in [-0.15, -0.1) is 35.1 Å². The molecule has 0 radical (unpaired) electrons. The largest absolute Gasteiger partial charge is 0.498 e.